The fraction of sp³-hybridized carbons (Fsp3) is 0.343. The van der Waals surface area contributed by atoms with Crippen molar-refractivity contribution in [3.05, 3.63) is 119 Å². The molecule has 3 aromatic rings. The minimum absolute atomic E-state index is 0.0590. The van der Waals surface area contributed by atoms with E-state index in [4.69, 9.17) is 4.74 Å². The second-order valence-corrected chi connectivity index (χ2v) is 10.4. The third-order valence-corrected chi connectivity index (χ3v) is 7.55. The molecule has 1 atom stereocenters. The Bertz CT molecular complexity index is 1150. The zero-order valence-electron chi connectivity index (χ0n) is 22.3. The number of benzene rings is 3. The SMILES string of the molecule is C/C=C/CCC1CCC(OC(=O)c2ccc(C=Cc3ccc(C[C@H](C)c4ccccc4)cc3)cc2)CC1. The number of rotatable bonds is 10. The van der Waals surface area contributed by atoms with E-state index in [1.165, 1.54) is 23.1 Å². The summed E-state index contributed by atoms with van der Waals surface area (Å²) < 4.78 is 5.82. The van der Waals surface area contributed by atoms with Crippen LogP contribution in [-0.4, -0.2) is 12.1 Å². The Kier molecular flexibility index (Phi) is 9.94. The van der Waals surface area contributed by atoms with Crippen molar-refractivity contribution < 1.29 is 9.53 Å². The summed E-state index contributed by atoms with van der Waals surface area (Å²) in [6.45, 7) is 4.35. The smallest absolute Gasteiger partial charge is 0.338 e. The van der Waals surface area contributed by atoms with Crippen LogP contribution in [0, 0.1) is 5.92 Å². The minimum Gasteiger partial charge on any atom is -0.459 e. The number of allylic oxidation sites excluding steroid dienone is 2. The summed E-state index contributed by atoms with van der Waals surface area (Å²) in [7, 11) is 0. The van der Waals surface area contributed by atoms with Crippen molar-refractivity contribution in [1.29, 1.82) is 0 Å². The lowest BCUT2D eigenvalue weighted by Crippen LogP contribution is -2.24. The second kappa shape index (κ2) is 13.8. The lowest BCUT2D eigenvalue weighted by Gasteiger charge is -2.28. The summed E-state index contributed by atoms with van der Waals surface area (Å²) in [5, 5.41) is 0. The van der Waals surface area contributed by atoms with Crippen LogP contribution in [0.5, 0.6) is 0 Å². The van der Waals surface area contributed by atoms with E-state index in [0.29, 0.717) is 11.5 Å². The Balaban J connectivity index is 1.24. The highest BCUT2D eigenvalue weighted by molar-refractivity contribution is 5.90. The van der Waals surface area contributed by atoms with E-state index in [1.54, 1.807) is 0 Å². The molecule has 0 N–H and O–H groups in total. The summed E-state index contributed by atoms with van der Waals surface area (Å²) in [6, 6.07) is 27.2. The Morgan fingerprint density at radius 3 is 2.11 bits per heavy atom. The van der Waals surface area contributed by atoms with Crippen molar-refractivity contribution in [3.8, 4) is 0 Å². The van der Waals surface area contributed by atoms with Gasteiger partial charge in [-0.05, 0) is 98.1 Å². The highest BCUT2D eigenvalue weighted by Gasteiger charge is 2.24. The normalized spacial score (nSPS) is 18.8. The molecule has 1 fully saturated rings. The first-order chi connectivity index (χ1) is 18.1. The van der Waals surface area contributed by atoms with Crippen LogP contribution >= 0.6 is 0 Å². The van der Waals surface area contributed by atoms with E-state index in [0.717, 1.165) is 50.0 Å². The maximum atomic E-state index is 12.6. The van der Waals surface area contributed by atoms with Crippen molar-refractivity contribution in [2.24, 2.45) is 5.92 Å². The molecule has 0 saturated heterocycles. The monoisotopic (exact) mass is 492 g/mol. The molecule has 0 unspecified atom stereocenters. The molecule has 1 saturated carbocycles. The summed E-state index contributed by atoms with van der Waals surface area (Å²) >= 11 is 0. The van der Waals surface area contributed by atoms with E-state index in [9.17, 15) is 4.79 Å². The quantitative estimate of drug-likeness (QED) is 0.160. The van der Waals surface area contributed by atoms with Gasteiger partial charge < -0.3 is 4.74 Å². The van der Waals surface area contributed by atoms with Gasteiger partial charge in [0.2, 0.25) is 0 Å². The van der Waals surface area contributed by atoms with Crippen molar-refractivity contribution in [2.75, 3.05) is 0 Å². The molecule has 0 heterocycles. The fourth-order valence-corrected chi connectivity index (χ4v) is 5.20. The van der Waals surface area contributed by atoms with Gasteiger partial charge in [0.15, 0.2) is 0 Å². The van der Waals surface area contributed by atoms with Crippen molar-refractivity contribution in [1.82, 2.24) is 0 Å². The minimum atomic E-state index is -0.201. The van der Waals surface area contributed by atoms with Gasteiger partial charge in [0.25, 0.3) is 0 Å². The topological polar surface area (TPSA) is 26.3 Å². The number of hydrogen-bond acceptors (Lipinski definition) is 2. The van der Waals surface area contributed by atoms with Crippen LogP contribution in [0.2, 0.25) is 0 Å². The third kappa shape index (κ3) is 8.32. The molecule has 37 heavy (non-hydrogen) atoms. The lowest BCUT2D eigenvalue weighted by atomic mass is 9.84. The molecule has 0 spiro atoms. The molecular weight excluding hydrogens is 452 g/mol. The zero-order valence-corrected chi connectivity index (χ0v) is 22.3. The van der Waals surface area contributed by atoms with Crippen LogP contribution in [0.15, 0.2) is 91.0 Å². The van der Waals surface area contributed by atoms with E-state index >= 15 is 0 Å². The van der Waals surface area contributed by atoms with Crippen LogP contribution in [0.1, 0.15) is 90.9 Å². The van der Waals surface area contributed by atoms with Gasteiger partial charge in [-0.15, -0.1) is 0 Å². The Morgan fingerprint density at radius 1 is 0.865 bits per heavy atom. The molecule has 0 aromatic heterocycles. The Morgan fingerprint density at radius 2 is 1.49 bits per heavy atom. The zero-order chi connectivity index (χ0) is 25.9. The average Bonchev–Trinajstić information content (AvgIpc) is 2.94. The van der Waals surface area contributed by atoms with Crippen LogP contribution in [0.25, 0.3) is 12.2 Å². The molecule has 1 aliphatic carbocycles. The molecule has 0 amide bonds. The van der Waals surface area contributed by atoms with Gasteiger partial charge in [-0.25, -0.2) is 4.79 Å². The highest BCUT2D eigenvalue weighted by Crippen LogP contribution is 2.30. The molecular formula is C35H40O2. The first-order valence-corrected chi connectivity index (χ1v) is 13.8. The van der Waals surface area contributed by atoms with Gasteiger partial charge in [0.1, 0.15) is 6.10 Å². The van der Waals surface area contributed by atoms with Gasteiger partial charge in [0.05, 0.1) is 5.56 Å². The van der Waals surface area contributed by atoms with Crippen LogP contribution in [0.4, 0.5) is 0 Å². The van der Waals surface area contributed by atoms with Crippen molar-refractivity contribution in [2.45, 2.75) is 70.8 Å². The number of hydrogen-bond donors (Lipinski definition) is 0. The van der Waals surface area contributed by atoms with Gasteiger partial charge in [-0.1, -0.05) is 98.0 Å². The molecule has 3 aromatic carbocycles. The predicted octanol–water partition coefficient (Wildman–Crippen LogP) is 9.28. The Hall–Kier alpha value is -3.39. The van der Waals surface area contributed by atoms with Gasteiger partial charge in [-0.3, -0.25) is 0 Å². The largest absolute Gasteiger partial charge is 0.459 e. The van der Waals surface area contributed by atoms with E-state index in [-0.39, 0.29) is 12.1 Å². The summed E-state index contributed by atoms with van der Waals surface area (Å²) in [5.41, 5.74) is 5.59. The predicted molar refractivity (Wildman–Crippen MR) is 156 cm³/mol. The maximum absolute atomic E-state index is 12.6. The summed E-state index contributed by atoms with van der Waals surface area (Å²) in [5.74, 6) is 1.07. The molecule has 192 valence electrons. The van der Waals surface area contributed by atoms with Crippen LogP contribution < -0.4 is 0 Å². The number of carbonyl (C=O) groups is 1. The maximum Gasteiger partial charge on any atom is 0.338 e. The van der Waals surface area contributed by atoms with Crippen LogP contribution in [0.3, 0.4) is 0 Å². The van der Waals surface area contributed by atoms with E-state index < -0.39 is 0 Å². The van der Waals surface area contributed by atoms with Gasteiger partial charge >= 0.3 is 5.97 Å². The standard InChI is InChI=1S/C35H40O2/c1-3-4-6-9-28-20-24-34(25-21-28)37-35(36)33-22-18-30(19-23-33)13-12-29-14-16-31(17-15-29)26-27(2)32-10-7-5-8-11-32/h3-5,7-8,10-19,22-23,27-28,34H,6,9,20-21,24-26H2,1-2H3/b4-3+,13-12?/t27-,28?,34?/m0/s1. The van der Waals surface area contributed by atoms with Crippen LogP contribution in [-0.2, 0) is 11.2 Å². The van der Waals surface area contributed by atoms with Crippen molar-refractivity contribution in [3.63, 3.8) is 0 Å². The fourth-order valence-electron chi connectivity index (χ4n) is 5.20. The van der Waals surface area contributed by atoms with E-state index in [1.807, 2.05) is 24.3 Å². The molecule has 2 nitrogen and oxygen atoms in total. The van der Waals surface area contributed by atoms with Gasteiger partial charge in [0, 0.05) is 0 Å². The van der Waals surface area contributed by atoms with Crippen molar-refractivity contribution >= 4 is 18.1 Å². The number of carbonyl (C=O) groups excluding carboxylic acids is 1. The molecule has 4 rings (SSSR count). The Labute approximate surface area is 223 Å². The summed E-state index contributed by atoms with van der Waals surface area (Å²) in [4.78, 5) is 12.6. The molecule has 0 bridgehead atoms. The molecule has 0 aliphatic heterocycles. The lowest BCUT2D eigenvalue weighted by molar-refractivity contribution is 0.0162. The first kappa shape index (κ1) is 26.7. The molecule has 0 radical (unpaired) electrons. The molecule has 2 heteroatoms. The van der Waals surface area contributed by atoms with Gasteiger partial charge in [-0.2, -0.15) is 0 Å². The second-order valence-electron chi connectivity index (χ2n) is 10.4. The average molecular weight is 493 g/mol. The molecule has 1 aliphatic rings. The number of esters is 1. The summed E-state index contributed by atoms with van der Waals surface area (Å²) in [6.07, 6.45) is 16.4. The third-order valence-electron chi connectivity index (χ3n) is 7.55. The number of ether oxygens (including phenoxy) is 1. The highest BCUT2D eigenvalue weighted by atomic mass is 16.5. The first-order valence-electron chi connectivity index (χ1n) is 13.8. The van der Waals surface area contributed by atoms with E-state index in [2.05, 4.69) is 92.7 Å².